The molecule has 11 heteroatoms. The van der Waals surface area contributed by atoms with Crippen molar-refractivity contribution < 1.29 is 17.9 Å². The lowest BCUT2D eigenvalue weighted by Gasteiger charge is -2.32. The molecule has 0 spiro atoms. The third kappa shape index (κ3) is 6.48. The number of alkyl halides is 3. The molecule has 1 aliphatic heterocycles. The van der Waals surface area contributed by atoms with Gasteiger partial charge in [0, 0.05) is 30.4 Å². The highest BCUT2D eigenvalue weighted by Crippen LogP contribution is 2.35. The van der Waals surface area contributed by atoms with Gasteiger partial charge < -0.3 is 15.0 Å². The zero-order valence-electron chi connectivity index (χ0n) is 22.9. The second-order valence-corrected chi connectivity index (χ2v) is 10.3. The van der Waals surface area contributed by atoms with Gasteiger partial charge in [0.25, 0.3) is 0 Å². The molecule has 0 bridgehead atoms. The molecule has 43 heavy (non-hydrogen) atoms. The van der Waals surface area contributed by atoms with Crippen LogP contribution in [0.3, 0.4) is 0 Å². The number of piperidine rings is 1. The molecule has 216 valence electrons. The molecule has 3 heterocycles. The summed E-state index contributed by atoms with van der Waals surface area (Å²) in [6, 6.07) is 24.5. The van der Waals surface area contributed by atoms with E-state index >= 15 is 0 Å². The summed E-state index contributed by atoms with van der Waals surface area (Å²) in [6.45, 7) is 1.40. The quantitative estimate of drug-likeness (QED) is 0.214. The van der Waals surface area contributed by atoms with E-state index in [0.717, 1.165) is 42.3 Å². The Balaban J connectivity index is 1.30. The lowest BCUT2D eigenvalue weighted by Crippen LogP contribution is -2.35. The number of hydrogen-bond acceptors (Lipinski definition) is 8. The van der Waals surface area contributed by atoms with Gasteiger partial charge in [-0.05, 0) is 67.1 Å². The Kier molecular flexibility index (Phi) is 7.75. The van der Waals surface area contributed by atoms with Crippen LogP contribution in [-0.2, 0) is 12.6 Å². The number of para-hydroxylation sites is 1. The smallest absolute Gasteiger partial charge is 0.417 e. The van der Waals surface area contributed by atoms with Crippen LogP contribution in [0.1, 0.15) is 29.5 Å². The molecule has 1 N–H and O–H groups in total. The van der Waals surface area contributed by atoms with E-state index in [-0.39, 0.29) is 17.6 Å². The zero-order valence-corrected chi connectivity index (χ0v) is 22.9. The normalized spacial score (nSPS) is 14.0. The highest BCUT2D eigenvalue weighted by atomic mass is 19.4. The number of nitrogens with zero attached hydrogens (tertiary/aromatic N) is 6. The van der Waals surface area contributed by atoms with Crippen molar-refractivity contribution in [2.45, 2.75) is 25.4 Å². The molecule has 0 atom stereocenters. The minimum Gasteiger partial charge on any atom is -0.423 e. The van der Waals surface area contributed by atoms with Crippen LogP contribution >= 0.6 is 0 Å². The molecule has 6 rings (SSSR count). The predicted molar refractivity (Wildman–Crippen MR) is 156 cm³/mol. The van der Waals surface area contributed by atoms with E-state index in [1.54, 1.807) is 18.3 Å². The Bertz CT molecular complexity index is 1780. The van der Waals surface area contributed by atoms with Crippen LogP contribution in [0.5, 0.6) is 11.8 Å². The van der Waals surface area contributed by atoms with Crippen LogP contribution < -0.4 is 15.0 Å². The first-order valence-electron chi connectivity index (χ1n) is 13.8. The topological polar surface area (TPSA) is 99.8 Å². The van der Waals surface area contributed by atoms with Crippen molar-refractivity contribution in [3.8, 4) is 17.8 Å². The number of pyridine rings is 1. The number of rotatable bonds is 7. The number of nitrogens with one attached hydrogen (secondary N) is 1. The van der Waals surface area contributed by atoms with Crippen LogP contribution in [0.25, 0.3) is 10.9 Å². The molecule has 1 fully saturated rings. The molecule has 0 amide bonds. The molecule has 0 aliphatic carbocycles. The van der Waals surface area contributed by atoms with Gasteiger partial charge in [0.15, 0.2) is 0 Å². The van der Waals surface area contributed by atoms with E-state index in [4.69, 9.17) is 10.00 Å². The number of anilines is 3. The average molecular weight is 582 g/mol. The summed E-state index contributed by atoms with van der Waals surface area (Å²) in [5, 5.41) is 12.8. The van der Waals surface area contributed by atoms with E-state index in [9.17, 15) is 13.2 Å². The van der Waals surface area contributed by atoms with Gasteiger partial charge in [-0.3, -0.25) is 4.98 Å². The van der Waals surface area contributed by atoms with Crippen LogP contribution in [-0.4, -0.2) is 33.0 Å². The molecular weight excluding hydrogens is 555 g/mol. The summed E-state index contributed by atoms with van der Waals surface area (Å²) in [7, 11) is 0. The highest BCUT2D eigenvalue weighted by molar-refractivity contribution is 5.84. The van der Waals surface area contributed by atoms with Gasteiger partial charge in [-0.1, -0.05) is 42.5 Å². The highest BCUT2D eigenvalue weighted by Gasteiger charge is 2.34. The summed E-state index contributed by atoms with van der Waals surface area (Å²) in [6.07, 6.45) is -0.236. The van der Waals surface area contributed by atoms with Gasteiger partial charge >= 0.3 is 12.2 Å². The number of aromatic nitrogens is 4. The maximum atomic E-state index is 13.6. The van der Waals surface area contributed by atoms with E-state index in [1.165, 1.54) is 11.6 Å². The molecule has 0 saturated carbocycles. The molecule has 0 radical (unpaired) electrons. The Hall–Kier alpha value is -5.24. The Labute approximate surface area is 245 Å². The monoisotopic (exact) mass is 581 g/mol. The molecule has 1 saturated heterocycles. The molecule has 0 unspecified atom stereocenters. The molecule has 3 aromatic carbocycles. The van der Waals surface area contributed by atoms with Crippen molar-refractivity contribution in [2.24, 2.45) is 5.92 Å². The zero-order chi connectivity index (χ0) is 29.8. The van der Waals surface area contributed by atoms with Crippen molar-refractivity contribution >= 4 is 28.5 Å². The van der Waals surface area contributed by atoms with E-state index in [1.807, 2.05) is 47.4 Å². The Morgan fingerprint density at radius 2 is 1.70 bits per heavy atom. The summed E-state index contributed by atoms with van der Waals surface area (Å²) < 4.78 is 47.0. The summed E-state index contributed by atoms with van der Waals surface area (Å²) >= 11 is 0. The lowest BCUT2D eigenvalue weighted by molar-refractivity contribution is -0.137. The average Bonchev–Trinajstić information content (AvgIpc) is 3.01. The first-order valence-corrected chi connectivity index (χ1v) is 13.8. The standard InChI is InChI=1S/C32H26F3N7O/c33-32(34,35)26-19-24(11-10-23(26)20-36)38-29-39-30(42-16-13-22(14-17-42)18-21-6-2-1-3-7-21)41-31(40-29)43-28-12-15-37-27-9-5-4-8-25(27)28/h1-12,15,19,22H,13-14,16-18H2,(H,38,39,40,41). The second-order valence-electron chi connectivity index (χ2n) is 10.3. The van der Waals surface area contributed by atoms with E-state index in [2.05, 4.69) is 37.4 Å². The van der Waals surface area contributed by atoms with Crippen LogP contribution in [0, 0.1) is 17.2 Å². The second kappa shape index (κ2) is 11.9. The first kappa shape index (κ1) is 27.9. The lowest BCUT2D eigenvalue weighted by atomic mass is 9.90. The molecule has 2 aromatic heterocycles. The van der Waals surface area contributed by atoms with Gasteiger partial charge in [0.2, 0.25) is 11.9 Å². The fourth-order valence-corrected chi connectivity index (χ4v) is 5.21. The maximum absolute atomic E-state index is 13.6. The van der Waals surface area contributed by atoms with E-state index in [0.29, 0.717) is 30.7 Å². The van der Waals surface area contributed by atoms with Crippen molar-refractivity contribution in [2.75, 3.05) is 23.3 Å². The third-order valence-corrected chi connectivity index (χ3v) is 7.38. The maximum Gasteiger partial charge on any atom is 0.417 e. The van der Waals surface area contributed by atoms with Crippen molar-refractivity contribution in [1.82, 2.24) is 19.9 Å². The van der Waals surface area contributed by atoms with Crippen LogP contribution in [0.2, 0.25) is 0 Å². The molecule has 8 nitrogen and oxygen atoms in total. The number of fused-ring (bicyclic) bond motifs is 1. The largest absolute Gasteiger partial charge is 0.423 e. The van der Waals surface area contributed by atoms with Crippen molar-refractivity contribution in [3.63, 3.8) is 0 Å². The fourth-order valence-electron chi connectivity index (χ4n) is 5.21. The summed E-state index contributed by atoms with van der Waals surface area (Å²) in [5.74, 6) is 1.36. The third-order valence-electron chi connectivity index (χ3n) is 7.38. The summed E-state index contributed by atoms with van der Waals surface area (Å²) in [5.41, 5.74) is 0.583. The number of hydrogen-bond donors (Lipinski definition) is 1. The predicted octanol–water partition coefficient (Wildman–Crippen LogP) is 7.31. The summed E-state index contributed by atoms with van der Waals surface area (Å²) in [4.78, 5) is 19.9. The molecule has 5 aromatic rings. The number of ether oxygens (including phenoxy) is 1. The Morgan fingerprint density at radius 3 is 2.47 bits per heavy atom. The van der Waals surface area contributed by atoms with Gasteiger partial charge in [0.1, 0.15) is 5.75 Å². The van der Waals surface area contributed by atoms with Gasteiger partial charge in [-0.2, -0.15) is 33.4 Å². The van der Waals surface area contributed by atoms with Crippen LogP contribution in [0.4, 0.5) is 30.8 Å². The number of nitriles is 1. The first-order chi connectivity index (χ1) is 20.9. The Morgan fingerprint density at radius 1 is 0.930 bits per heavy atom. The van der Waals surface area contributed by atoms with Gasteiger partial charge in [0.05, 0.1) is 22.7 Å². The van der Waals surface area contributed by atoms with Crippen molar-refractivity contribution in [3.05, 3.63) is 102 Å². The van der Waals surface area contributed by atoms with Crippen molar-refractivity contribution in [1.29, 1.82) is 5.26 Å². The fraction of sp³-hybridized carbons (Fsp3) is 0.219. The minimum atomic E-state index is -4.70. The van der Waals surface area contributed by atoms with Crippen LogP contribution in [0.15, 0.2) is 85.1 Å². The minimum absolute atomic E-state index is 0.0139. The van der Waals surface area contributed by atoms with E-state index < -0.39 is 17.3 Å². The number of benzene rings is 3. The molecule has 1 aliphatic rings. The number of halogens is 3. The SMILES string of the molecule is N#Cc1ccc(Nc2nc(Oc3ccnc4ccccc34)nc(N3CCC(Cc4ccccc4)CC3)n2)cc1C(F)(F)F. The van der Waals surface area contributed by atoms with Gasteiger partial charge in [-0.25, -0.2) is 0 Å². The van der Waals surface area contributed by atoms with Gasteiger partial charge in [-0.15, -0.1) is 0 Å². The molecular formula is C32H26F3N7O.